The van der Waals surface area contributed by atoms with Crippen molar-refractivity contribution in [1.29, 1.82) is 0 Å². The van der Waals surface area contributed by atoms with E-state index < -0.39 is 31.0 Å². The van der Waals surface area contributed by atoms with Crippen molar-refractivity contribution in [1.82, 2.24) is 0 Å². The first-order chi connectivity index (χ1) is 14.1. The number of hydrogen-bond donors (Lipinski definition) is 0. The summed E-state index contributed by atoms with van der Waals surface area (Å²) in [6, 6.07) is 0. The highest BCUT2D eigenvalue weighted by molar-refractivity contribution is 7.33. The molecule has 30 heavy (non-hydrogen) atoms. The van der Waals surface area contributed by atoms with Crippen molar-refractivity contribution in [2.45, 2.75) is 116 Å². The summed E-state index contributed by atoms with van der Waals surface area (Å²) in [5, 5.41) is 0. The van der Waals surface area contributed by atoms with Crippen LogP contribution >= 0.6 is 8.25 Å². The second-order valence-corrected chi connectivity index (χ2v) is 10.1. The van der Waals surface area contributed by atoms with Crippen molar-refractivity contribution in [3.05, 3.63) is 0 Å². The molecule has 0 radical (unpaired) electrons. The van der Waals surface area contributed by atoms with Gasteiger partial charge in [0.1, 0.15) is 0 Å². The van der Waals surface area contributed by atoms with Gasteiger partial charge in [-0.3, -0.25) is 0 Å². The first-order valence-electron chi connectivity index (χ1n) is 11.5. The Morgan fingerprint density at radius 2 is 1.03 bits per heavy atom. The van der Waals surface area contributed by atoms with Gasteiger partial charge in [0.2, 0.25) is 11.6 Å². The molecule has 2 saturated heterocycles. The fourth-order valence-corrected chi connectivity index (χ4v) is 5.30. The Kier molecular flexibility index (Phi) is 9.69. The van der Waals surface area contributed by atoms with Crippen molar-refractivity contribution in [3.63, 3.8) is 0 Å². The Labute approximate surface area is 183 Å². The van der Waals surface area contributed by atoms with E-state index in [9.17, 15) is 4.57 Å². The lowest BCUT2D eigenvalue weighted by molar-refractivity contribution is -0.265. The summed E-state index contributed by atoms with van der Waals surface area (Å²) in [5.74, 6) is -1.83. The molecule has 0 atom stereocenters. The zero-order valence-corrected chi connectivity index (χ0v) is 20.7. The Morgan fingerprint density at radius 1 is 0.700 bits per heavy atom. The molecule has 176 valence electrons. The van der Waals surface area contributed by atoms with E-state index in [1.54, 1.807) is 0 Å². The van der Waals surface area contributed by atoms with Gasteiger partial charge in [0.15, 0.2) is 11.2 Å². The summed E-state index contributed by atoms with van der Waals surface area (Å²) >= 11 is 0. The topological polar surface area (TPSA) is 72.5 Å². The highest BCUT2D eigenvalue weighted by Crippen LogP contribution is 2.49. The lowest BCUT2D eigenvalue weighted by Crippen LogP contribution is -2.53. The molecule has 0 saturated carbocycles. The summed E-state index contributed by atoms with van der Waals surface area (Å²) in [4.78, 5) is 0. The fraction of sp³-hybridized carbons (Fsp3) is 1.00. The predicted molar refractivity (Wildman–Crippen MR) is 115 cm³/mol. The monoisotopic (exact) mass is 449 g/mol. The molecule has 0 unspecified atom stereocenters. The van der Waals surface area contributed by atoms with Crippen molar-refractivity contribution in [2.24, 2.45) is 0 Å². The molecular formula is C22H42O7P+. The van der Waals surface area contributed by atoms with Gasteiger partial charge >= 0.3 is 8.25 Å². The normalized spacial score (nSPS) is 21.3. The van der Waals surface area contributed by atoms with Crippen LogP contribution in [0.4, 0.5) is 0 Å². The molecule has 2 fully saturated rings. The Bertz CT molecular complexity index is 492. The highest BCUT2D eigenvalue weighted by Gasteiger charge is 2.60. The van der Waals surface area contributed by atoms with E-state index in [-0.39, 0.29) is 0 Å². The Hall–Kier alpha value is -0.140. The third-order valence-electron chi connectivity index (χ3n) is 6.17. The summed E-state index contributed by atoms with van der Waals surface area (Å²) in [6.07, 6.45) is 7.64. The third-order valence-corrected chi connectivity index (χ3v) is 7.38. The maximum absolute atomic E-state index is 13.0. The molecule has 2 aliphatic heterocycles. The molecule has 2 aliphatic rings. The molecule has 0 aromatic carbocycles. The van der Waals surface area contributed by atoms with Crippen molar-refractivity contribution in [3.8, 4) is 0 Å². The largest absolute Gasteiger partial charge is 0.698 e. The van der Waals surface area contributed by atoms with Gasteiger partial charge in [0.25, 0.3) is 0 Å². The maximum atomic E-state index is 13.0. The number of ether oxygens (including phenoxy) is 4. The van der Waals surface area contributed by atoms with Crippen LogP contribution in [0.3, 0.4) is 0 Å². The molecule has 0 amide bonds. The molecular weight excluding hydrogens is 407 g/mol. The third kappa shape index (κ3) is 6.00. The molecule has 2 heterocycles. The Morgan fingerprint density at radius 3 is 1.33 bits per heavy atom. The van der Waals surface area contributed by atoms with Crippen LogP contribution in [0.15, 0.2) is 0 Å². The molecule has 7 nitrogen and oxygen atoms in total. The van der Waals surface area contributed by atoms with Gasteiger partial charge in [-0.25, -0.2) is 0 Å². The van der Waals surface area contributed by atoms with E-state index in [0.717, 1.165) is 38.5 Å². The van der Waals surface area contributed by atoms with Gasteiger partial charge in [-0.05, 0) is 40.5 Å². The summed E-state index contributed by atoms with van der Waals surface area (Å²) < 4.78 is 48.9. The zero-order valence-electron chi connectivity index (χ0n) is 19.8. The van der Waals surface area contributed by atoms with Gasteiger partial charge in [-0.1, -0.05) is 39.5 Å². The minimum absolute atomic E-state index is 0.504. The average Bonchev–Trinajstić information content (AvgIpc) is 3.32. The van der Waals surface area contributed by atoms with Crippen LogP contribution in [0.2, 0.25) is 0 Å². The minimum Gasteiger partial charge on any atom is -0.345 e. The van der Waals surface area contributed by atoms with Crippen LogP contribution in [0.5, 0.6) is 0 Å². The summed E-state index contributed by atoms with van der Waals surface area (Å²) in [5.41, 5.74) is -1.87. The fourth-order valence-electron chi connectivity index (χ4n) is 4.24. The van der Waals surface area contributed by atoms with Crippen LogP contribution in [-0.4, -0.2) is 49.2 Å². The van der Waals surface area contributed by atoms with E-state index >= 15 is 0 Å². The van der Waals surface area contributed by atoms with Crippen molar-refractivity contribution >= 4 is 8.25 Å². The maximum Gasteiger partial charge on any atom is 0.698 e. The summed E-state index contributed by atoms with van der Waals surface area (Å²) in [7, 11) is -2.46. The van der Waals surface area contributed by atoms with Crippen LogP contribution < -0.4 is 0 Å². The molecule has 2 rings (SSSR count). The van der Waals surface area contributed by atoms with Gasteiger partial charge in [0.05, 0.1) is 26.4 Å². The van der Waals surface area contributed by atoms with E-state index in [0.29, 0.717) is 39.3 Å². The quantitative estimate of drug-likeness (QED) is 0.242. The van der Waals surface area contributed by atoms with Crippen molar-refractivity contribution in [2.75, 3.05) is 26.4 Å². The molecule has 0 spiro atoms. The summed E-state index contributed by atoms with van der Waals surface area (Å²) in [6.45, 7) is 13.7. The smallest absolute Gasteiger partial charge is 0.345 e. The number of unbranched alkanes of at least 4 members (excludes halogenated alkanes) is 4. The molecule has 0 aromatic rings. The average molecular weight is 450 g/mol. The van der Waals surface area contributed by atoms with E-state index in [1.165, 1.54) is 0 Å². The Balaban J connectivity index is 2.05. The van der Waals surface area contributed by atoms with Crippen LogP contribution in [0.25, 0.3) is 0 Å². The molecule has 0 aromatic heterocycles. The molecule has 0 aliphatic carbocycles. The first-order valence-corrected chi connectivity index (χ1v) is 12.6. The number of hydrogen-bond acceptors (Lipinski definition) is 7. The standard InChI is InChI=1S/C22H42O7P/c1-7-9-11-13-21(24-15-16-25-21)19(3,4)28-30(23)29-20(5,6)22(14-12-10-8-2)26-17-18-27-22/h7-18H2,1-6H3/q+1. The van der Waals surface area contributed by atoms with Crippen molar-refractivity contribution < 1.29 is 32.6 Å². The lowest BCUT2D eigenvalue weighted by atomic mass is 9.92. The van der Waals surface area contributed by atoms with Crippen LogP contribution in [0.1, 0.15) is 92.9 Å². The zero-order chi connectivity index (χ0) is 22.3. The number of rotatable bonds is 14. The van der Waals surface area contributed by atoms with Crippen LogP contribution in [-0.2, 0) is 32.6 Å². The van der Waals surface area contributed by atoms with E-state index in [2.05, 4.69) is 13.8 Å². The van der Waals surface area contributed by atoms with Gasteiger partial charge in [-0.15, -0.1) is 9.05 Å². The first kappa shape index (κ1) is 26.1. The predicted octanol–water partition coefficient (Wildman–Crippen LogP) is 5.88. The second-order valence-electron chi connectivity index (χ2n) is 9.24. The van der Waals surface area contributed by atoms with Gasteiger partial charge < -0.3 is 18.9 Å². The molecule has 0 bridgehead atoms. The van der Waals surface area contributed by atoms with E-state index in [4.69, 9.17) is 28.0 Å². The minimum atomic E-state index is -2.46. The van der Waals surface area contributed by atoms with E-state index in [1.807, 2.05) is 27.7 Å². The van der Waals surface area contributed by atoms with Crippen LogP contribution in [0, 0.1) is 0 Å². The highest BCUT2D eigenvalue weighted by atomic mass is 31.1. The molecule has 8 heteroatoms. The second kappa shape index (κ2) is 11.1. The van der Waals surface area contributed by atoms with Gasteiger partial charge in [0, 0.05) is 17.4 Å². The SMILES string of the molecule is CCCCCC1(C(C)(C)O[P+](=O)OC(C)(C)C2(CCCCC)OCCO2)OCCO1. The molecule has 0 N–H and O–H groups in total. The van der Waals surface area contributed by atoms with Gasteiger partial charge in [-0.2, -0.15) is 0 Å². The lowest BCUT2D eigenvalue weighted by Gasteiger charge is -2.39.